The topological polar surface area (TPSA) is 81.8 Å². The lowest BCUT2D eigenvalue weighted by Crippen LogP contribution is -2.47. The molecule has 0 aliphatic rings. The van der Waals surface area contributed by atoms with Crippen LogP contribution in [0.4, 0.5) is 17.6 Å². The number of ether oxygens (including phenoxy) is 1. The summed E-state index contributed by atoms with van der Waals surface area (Å²) in [7, 11) is -0.597. The molecule has 2 aromatic rings. The van der Waals surface area contributed by atoms with Crippen LogP contribution in [-0.4, -0.2) is 30.5 Å². The summed E-state index contributed by atoms with van der Waals surface area (Å²) in [6.07, 6.45) is -3.49. The SMILES string of the molecule is NC(CO)(CCc1ccc(OCCCc2ccc(F)c(Cl)c2)c(C(F)(F)F)c1)COP=O. The molecule has 176 valence electrons. The van der Waals surface area contributed by atoms with E-state index in [0.29, 0.717) is 18.4 Å². The van der Waals surface area contributed by atoms with Gasteiger partial charge in [0.1, 0.15) is 11.6 Å². The van der Waals surface area contributed by atoms with E-state index < -0.39 is 38.4 Å². The maximum Gasteiger partial charge on any atom is 0.419 e. The zero-order chi connectivity index (χ0) is 23.8. The lowest BCUT2D eigenvalue weighted by atomic mass is 9.93. The van der Waals surface area contributed by atoms with Crippen LogP contribution in [0.25, 0.3) is 0 Å². The molecule has 0 aliphatic heterocycles. The van der Waals surface area contributed by atoms with Crippen molar-refractivity contribution in [3.8, 4) is 5.75 Å². The van der Waals surface area contributed by atoms with Crippen molar-refractivity contribution in [2.75, 3.05) is 19.8 Å². The van der Waals surface area contributed by atoms with Gasteiger partial charge in [-0.15, -0.1) is 0 Å². The van der Waals surface area contributed by atoms with E-state index in [1.807, 2.05) is 0 Å². The molecule has 0 aromatic heterocycles. The number of benzene rings is 2. The van der Waals surface area contributed by atoms with Crippen LogP contribution >= 0.6 is 20.3 Å². The number of aliphatic hydroxyl groups is 1. The van der Waals surface area contributed by atoms with E-state index in [9.17, 15) is 27.2 Å². The Labute approximate surface area is 189 Å². The highest BCUT2D eigenvalue weighted by Crippen LogP contribution is 2.37. The summed E-state index contributed by atoms with van der Waals surface area (Å²) in [4.78, 5) is 0. The zero-order valence-corrected chi connectivity index (χ0v) is 18.7. The molecule has 0 bridgehead atoms. The van der Waals surface area contributed by atoms with Crippen molar-refractivity contribution < 1.29 is 36.5 Å². The van der Waals surface area contributed by atoms with E-state index in [-0.39, 0.29) is 36.8 Å². The smallest absolute Gasteiger partial charge is 0.419 e. The summed E-state index contributed by atoms with van der Waals surface area (Å²) < 4.78 is 74.3. The fourth-order valence-electron chi connectivity index (χ4n) is 2.98. The molecule has 0 heterocycles. The van der Waals surface area contributed by atoms with E-state index in [1.165, 1.54) is 24.3 Å². The van der Waals surface area contributed by atoms with Crippen molar-refractivity contribution >= 4 is 20.3 Å². The number of rotatable bonds is 12. The molecule has 0 fully saturated rings. The molecule has 3 N–H and O–H groups in total. The first-order chi connectivity index (χ1) is 15.1. The summed E-state index contributed by atoms with van der Waals surface area (Å²) in [5.74, 6) is -0.835. The molecule has 0 saturated heterocycles. The molecule has 0 radical (unpaired) electrons. The predicted octanol–water partition coefficient (Wildman–Crippen LogP) is 5.36. The number of hydrogen-bond acceptors (Lipinski definition) is 5. The Morgan fingerprint density at radius 2 is 1.78 bits per heavy atom. The number of nitrogens with two attached hydrogens (primary N) is 1. The summed E-state index contributed by atoms with van der Waals surface area (Å²) in [5, 5.41) is 9.40. The van der Waals surface area contributed by atoms with E-state index in [2.05, 4.69) is 4.52 Å². The molecular weight excluding hydrogens is 473 g/mol. The van der Waals surface area contributed by atoms with Gasteiger partial charge in [0.25, 0.3) is 0 Å². The van der Waals surface area contributed by atoms with Gasteiger partial charge in [-0.05, 0) is 61.1 Å². The van der Waals surface area contributed by atoms with Gasteiger partial charge >= 0.3 is 14.9 Å². The van der Waals surface area contributed by atoms with E-state index in [4.69, 9.17) is 22.1 Å². The number of aliphatic hydroxyl groups excluding tert-OH is 1. The van der Waals surface area contributed by atoms with Gasteiger partial charge in [-0.2, -0.15) is 13.2 Å². The third kappa shape index (κ3) is 7.98. The van der Waals surface area contributed by atoms with Crippen LogP contribution in [0.15, 0.2) is 36.4 Å². The number of hydrogen-bond donors (Lipinski definition) is 2. The second-order valence-corrected chi connectivity index (χ2v) is 8.21. The Kier molecular flexibility index (Phi) is 9.85. The summed E-state index contributed by atoms with van der Waals surface area (Å²) in [6, 6.07) is 7.99. The monoisotopic (exact) mass is 495 g/mol. The average molecular weight is 496 g/mol. The van der Waals surface area contributed by atoms with Crippen LogP contribution < -0.4 is 10.5 Å². The Morgan fingerprint density at radius 3 is 2.41 bits per heavy atom. The van der Waals surface area contributed by atoms with Crippen molar-refractivity contribution in [2.45, 2.75) is 37.4 Å². The van der Waals surface area contributed by atoms with Crippen molar-refractivity contribution in [3.63, 3.8) is 0 Å². The predicted molar refractivity (Wildman–Crippen MR) is 113 cm³/mol. The largest absolute Gasteiger partial charge is 0.493 e. The van der Waals surface area contributed by atoms with Crippen molar-refractivity contribution in [1.29, 1.82) is 0 Å². The summed E-state index contributed by atoms with van der Waals surface area (Å²) in [6.45, 7) is -0.657. The van der Waals surface area contributed by atoms with Gasteiger partial charge in [0, 0.05) is 0 Å². The highest BCUT2D eigenvalue weighted by atomic mass is 35.5. The third-order valence-electron chi connectivity index (χ3n) is 4.83. The Hall–Kier alpha value is -1.77. The van der Waals surface area contributed by atoms with Gasteiger partial charge in [0.05, 0.1) is 35.9 Å². The van der Waals surface area contributed by atoms with Crippen molar-refractivity contribution in [1.82, 2.24) is 0 Å². The molecule has 2 aromatic carbocycles. The van der Waals surface area contributed by atoms with Gasteiger partial charge < -0.3 is 15.6 Å². The molecule has 1 unspecified atom stereocenters. The molecule has 0 saturated carbocycles. The molecule has 0 spiro atoms. The third-order valence-corrected chi connectivity index (χ3v) is 5.36. The molecule has 11 heteroatoms. The molecule has 0 aliphatic carbocycles. The maximum atomic E-state index is 13.5. The second-order valence-electron chi connectivity index (χ2n) is 7.40. The number of alkyl halides is 3. The standard InChI is InChI=1S/C21H23ClF4NO4P/c22-17-11-14(3-5-18(17)23)2-1-9-30-19-6-4-15(10-16(19)21(24,25)26)7-8-20(27,12-28)13-31-32-29/h3-6,10-11,28H,1-2,7-9,12-13,27H2. The van der Waals surface area contributed by atoms with E-state index >= 15 is 0 Å². The van der Waals surface area contributed by atoms with E-state index in [1.54, 1.807) is 6.07 Å². The van der Waals surface area contributed by atoms with Crippen LogP contribution in [0.2, 0.25) is 5.02 Å². The fraction of sp³-hybridized carbons (Fsp3) is 0.429. The van der Waals surface area contributed by atoms with E-state index in [0.717, 1.165) is 11.6 Å². The lowest BCUT2D eigenvalue weighted by Gasteiger charge is -2.25. The Morgan fingerprint density at radius 1 is 1.09 bits per heavy atom. The quantitative estimate of drug-likeness (QED) is 0.235. The molecular formula is C21H23ClF4NO4P. The minimum Gasteiger partial charge on any atom is -0.493 e. The molecule has 5 nitrogen and oxygen atoms in total. The second kappa shape index (κ2) is 11.9. The van der Waals surface area contributed by atoms with Crippen molar-refractivity contribution in [2.24, 2.45) is 5.73 Å². The average Bonchev–Trinajstić information content (AvgIpc) is 2.76. The van der Waals surface area contributed by atoms with Crippen LogP contribution in [0.5, 0.6) is 5.75 Å². The summed E-state index contributed by atoms with van der Waals surface area (Å²) in [5.41, 5.74) is 4.90. The summed E-state index contributed by atoms with van der Waals surface area (Å²) >= 11 is 5.72. The van der Waals surface area contributed by atoms with Gasteiger partial charge in [-0.3, -0.25) is 4.52 Å². The van der Waals surface area contributed by atoms with Crippen molar-refractivity contribution in [3.05, 3.63) is 63.9 Å². The molecule has 32 heavy (non-hydrogen) atoms. The highest BCUT2D eigenvalue weighted by Gasteiger charge is 2.35. The van der Waals surface area contributed by atoms with Crippen LogP contribution in [0, 0.1) is 5.82 Å². The Balaban J connectivity index is 2.01. The maximum absolute atomic E-state index is 13.5. The number of aryl methyl sites for hydroxylation is 2. The first kappa shape index (κ1) is 26.5. The molecule has 0 amide bonds. The molecule has 1 atom stereocenters. The zero-order valence-electron chi connectivity index (χ0n) is 17.0. The van der Waals surface area contributed by atoms with Gasteiger partial charge in [0.15, 0.2) is 0 Å². The van der Waals surface area contributed by atoms with Crippen LogP contribution in [0.1, 0.15) is 29.5 Å². The van der Waals surface area contributed by atoms with Gasteiger partial charge in [-0.25, -0.2) is 8.96 Å². The minimum atomic E-state index is -4.63. The van der Waals surface area contributed by atoms with Crippen LogP contribution in [-0.2, 0) is 28.1 Å². The van der Waals surface area contributed by atoms with Crippen LogP contribution in [0.3, 0.4) is 0 Å². The first-order valence-electron chi connectivity index (χ1n) is 9.69. The first-order valence-corrected chi connectivity index (χ1v) is 10.8. The van der Waals surface area contributed by atoms with Gasteiger partial charge in [0.2, 0.25) is 0 Å². The molecule has 2 rings (SSSR count). The van der Waals surface area contributed by atoms with Gasteiger partial charge in [-0.1, -0.05) is 23.7 Å². The normalized spacial score (nSPS) is 13.8. The highest BCUT2D eigenvalue weighted by molar-refractivity contribution is 7.17. The lowest BCUT2D eigenvalue weighted by molar-refractivity contribution is -0.139. The fourth-order valence-corrected chi connectivity index (χ4v) is 3.49. The number of halogens is 5. The minimum absolute atomic E-state index is 0.0137. The Bertz CT molecular complexity index is 916.